The summed E-state index contributed by atoms with van der Waals surface area (Å²) in [6.07, 6.45) is 0. The predicted octanol–water partition coefficient (Wildman–Crippen LogP) is 2.77. The van der Waals surface area contributed by atoms with E-state index in [1.165, 1.54) is 0 Å². The van der Waals surface area contributed by atoms with Crippen molar-refractivity contribution in [1.29, 1.82) is 0 Å². The minimum absolute atomic E-state index is 0.0476. The van der Waals surface area contributed by atoms with Crippen LogP contribution in [0, 0.1) is 0 Å². The molecular formula is C14H13NO2. The zero-order valence-corrected chi connectivity index (χ0v) is 9.28. The van der Waals surface area contributed by atoms with Crippen molar-refractivity contribution < 1.29 is 10.0 Å². The van der Waals surface area contributed by atoms with Gasteiger partial charge in [0.2, 0.25) is 0 Å². The average Bonchev–Trinajstić information content (AvgIpc) is 2.40. The summed E-state index contributed by atoms with van der Waals surface area (Å²) in [6, 6.07) is 17.9. The van der Waals surface area contributed by atoms with Crippen LogP contribution in [0.5, 0.6) is 0 Å². The van der Waals surface area contributed by atoms with Crippen LogP contribution >= 0.6 is 0 Å². The van der Waals surface area contributed by atoms with Gasteiger partial charge in [0.05, 0.1) is 5.69 Å². The van der Waals surface area contributed by atoms with Gasteiger partial charge < -0.3 is 0 Å². The second kappa shape index (κ2) is 5.27. The fourth-order valence-electron chi connectivity index (χ4n) is 1.54. The van der Waals surface area contributed by atoms with Gasteiger partial charge in [0.1, 0.15) is 6.54 Å². The summed E-state index contributed by atoms with van der Waals surface area (Å²) in [5.41, 5.74) is 1.21. The quantitative estimate of drug-likeness (QED) is 0.645. The molecule has 0 radical (unpaired) electrons. The standard InChI is InChI=1S/C14H13NO2/c16-14(12-7-3-1-4-8-12)11-15(17)13-9-5-2-6-10-13/h1-10,17H,11H2. The van der Waals surface area contributed by atoms with Crippen molar-refractivity contribution in [3.63, 3.8) is 0 Å². The third-order valence-electron chi connectivity index (χ3n) is 2.44. The molecule has 0 aliphatic heterocycles. The van der Waals surface area contributed by atoms with Crippen LogP contribution in [0.25, 0.3) is 0 Å². The number of benzene rings is 2. The lowest BCUT2D eigenvalue weighted by Gasteiger charge is -2.15. The summed E-state index contributed by atoms with van der Waals surface area (Å²) < 4.78 is 0. The number of hydrogen-bond donors (Lipinski definition) is 1. The van der Waals surface area contributed by atoms with Crippen molar-refractivity contribution in [3.8, 4) is 0 Å². The van der Waals surface area contributed by atoms with E-state index in [1.54, 1.807) is 36.4 Å². The highest BCUT2D eigenvalue weighted by Gasteiger charge is 2.10. The molecule has 17 heavy (non-hydrogen) atoms. The Hall–Kier alpha value is -2.13. The van der Waals surface area contributed by atoms with Crippen LogP contribution in [-0.4, -0.2) is 17.5 Å². The topological polar surface area (TPSA) is 40.5 Å². The van der Waals surface area contributed by atoms with Gasteiger partial charge in [-0.25, -0.2) is 5.06 Å². The van der Waals surface area contributed by atoms with Gasteiger partial charge in [-0.3, -0.25) is 10.0 Å². The van der Waals surface area contributed by atoms with Crippen LogP contribution < -0.4 is 5.06 Å². The molecule has 0 aromatic heterocycles. The van der Waals surface area contributed by atoms with Crippen molar-refractivity contribution in [2.75, 3.05) is 11.6 Å². The Morgan fingerprint density at radius 3 is 2.06 bits per heavy atom. The van der Waals surface area contributed by atoms with E-state index in [0.29, 0.717) is 11.3 Å². The zero-order valence-electron chi connectivity index (χ0n) is 9.28. The molecule has 1 N–H and O–H groups in total. The number of Topliss-reactive ketones (excluding diaryl/α,β-unsaturated/α-hetero) is 1. The highest BCUT2D eigenvalue weighted by Crippen LogP contribution is 2.11. The van der Waals surface area contributed by atoms with Crippen molar-refractivity contribution >= 4 is 11.5 Å². The van der Waals surface area contributed by atoms with Gasteiger partial charge in [-0.2, -0.15) is 0 Å². The Balaban J connectivity index is 2.05. The zero-order chi connectivity index (χ0) is 12.1. The van der Waals surface area contributed by atoms with Gasteiger partial charge >= 0.3 is 0 Å². The monoisotopic (exact) mass is 227 g/mol. The summed E-state index contributed by atoms with van der Waals surface area (Å²) in [7, 11) is 0. The molecule has 2 aromatic carbocycles. The molecule has 0 saturated carbocycles. The van der Waals surface area contributed by atoms with E-state index in [-0.39, 0.29) is 12.3 Å². The number of anilines is 1. The van der Waals surface area contributed by atoms with Crippen molar-refractivity contribution in [1.82, 2.24) is 0 Å². The van der Waals surface area contributed by atoms with Crippen LogP contribution in [0.4, 0.5) is 5.69 Å². The van der Waals surface area contributed by atoms with Crippen LogP contribution in [-0.2, 0) is 0 Å². The number of hydroxylamine groups is 1. The molecule has 3 nitrogen and oxygen atoms in total. The fraction of sp³-hybridized carbons (Fsp3) is 0.0714. The van der Waals surface area contributed by atoms with E-state index < -0.39 is 0 Å². The highest BCUT2D eigenvalue weighted by molar-refractivity contribution is 5.98. The number of hydrogen-bond acceptors (Lipinski definition) is 3. The first-order valence-electron chi connectivity index (χ1n) is 5.37. The van der Waals surface area contributed by atoms with E-state index >= 15 is 0 Å². The van der Waals surface area contributed by atoms with E-state index in [9.17, 15) is 10.0 Å². The molecular weight excluding hydrogens is 214 g/mol. The van der Waals surface area contributed by atoms with Gasteiger partial charge in [0.15, 0.2) is 5.78 Å². The summed E-state index contributed by atoms with van der Waals surface area (Å²) >= 11 is 0. The third kappa shape index (κ3) is 2.92. The Morgan fingerprint density at radius 1 is 0.941 bits per heavy atom. The molecule has 3 heteroatoms. The van der Waals surface area contributed by atoms with Gasteiger partial charge in [-0.1, -0.05) is 48.5 Å². The van der Waals surface area contributed by atoms with Gasteiger partial charge in [0, 0.05) is 5.56 Å². The molecule has 0 spiro atoms. The molecule has 2 rings (SSSR count). The SMILES string of the molecule is O=C(CN(O)c1ccccc1)c1ccccc1. The van der Waals surface area contributed by atoms with Crippen molar-refractivity contribution in [3.05, 3.63) is 66.2 Å². The molecule has 0 aliphatic rings. The molecule has 0 saturated heterocycles. The number of para-hydroxylation sites is 1. The van der Waals surface area contributed by atoms with Gasteiger partial charge in [-0.05, 0) is 12.1 Å². The Labute approximate surface area is 99.9 Å². The number of carbonyl (C=O) groups excluding carboxylic acids is 1. The molecule has 0 atom stereocenters. The summed E-state index contributed by atoms with van der Waals surface area (Å²) in [6.45, 7) is -0.0476. The lowest BCUT2D eigenvalue weighted by molar-refractivity contribution is 0.0966. The maximum absolute atomic E-state index is 11.8. The second-order valence-electron chi connectivity index (χ2n) is 3.68. The molecule has 2 aromatic rings. The van der Waals surface area contributed by atoms with Crippen molar-refractivity contribution in [2.45, 2.75) is 0 Å². The highest BCUT2D eigenvalue weighted by atomic mass is 16.5. The van der Waals surface area contributed by atoms with E-state index in [0.717, 1.165) is 5.06 Å². The smallest absolute Gasteiger partial charge is 0.184 e. The van der Waals surface area contributed by atoms with Gasteiger partial charge in [0.25, 0.3) is 0 Å². The average molecular weight is 227 g/mol. The predicted molar refractivity (Wildman–Crippen MR) is 66.3 cm³/mol. The molecule has 0 bridgehead atoms. The molecule has 86 valence electrons. The van der Waals surface area contributed by atoms with Crippen LogP contribution in [0.3, 0.4) is 0 Å². The molecule has 0 aliphatic carbocycles. The summed E-state index contributed by atoms with van der Waals surface area (Å²) in [5.74, 6) is -0.114. The maximum Gasteiger partial charge on any atom is 0.184 e. The Bertz CT molecular complexity index is 482. The molecule has 0 unspecified atom stereocenters. The largest absolute Gasteiger partial charge is 0.292 e. The van der Waals surface area contributed by atoms with Gasteiger partial charge in [-0.15, -0.1) is 0 Å². The second-order valence-corrected chi connectivity index (χ2v) is 3.68. The lowest BCUT2D eigenvalue weighted by atomic mass is 10.1. The normalized spacial score (nSPS) is 9.94. The number of nitrogens with zero attached hydrogens (tertiary/aromatic N) is 1. The molecule has 0 amide bonds. The minimum atomic E-state index is -0.114. The van der Waals surface area contributed by atoms with Crippen LogP contribution in [0.15, 0.2) is 60.7 Å². The molecule has 0 fully saturated rings. The maximum atomic E-state index is 11.8. The number of ketones is 1. The third-order valence-corrected chi connectivity index (χ3v) is 2.44. The summed E-state index contributed by atoms with van der Waals surface area (Å²) in [4.78, 5) is 11.8. The first-order valence-corrected chi connectivity index (χ1v) is 5.37. The number of rotatable bonds is 4. The fourth-order valence-corrected chi connectivity index (χ4v) is 1.54. The van der Waals surface area contributed by atoms with Crippen LogP contribution in [0.1, 0.15) is 10.4 Å². The Morgan fingerprint density at radius 2 is 1.47 bits per heavy atom. The summed E-state index contributed by atoms with van der Waals surface area (Å²) in [5, 5.41) is 10.7. The molecule has 0 heterocycles. The first kappa shape index (κ1) is 11.4. The van der Waals surface area contributed by atoms with Crippen LogP contribution in [0.2, 0.25) is 0 Å². The minimum Gasteiger partial charge on any atom is -0.292 e. The first-order chi connectivity index (χ1) is 8.27. The Kier molecular flexibility index (Phi) is 3.52. The lowest BCUT2D eigenvalue weighted by Crippen LogP contribution is -2.26. The van der Waals surface area contributed by atoms with E-state index in [4.69, 9.17) is 0 Å². The van der Waals surface area contributed by atoms with Crippen molar-refractivity contribution in [2.24, 2.45) is 0 Å². The van der Waals surface area contributed by atoms with E-state index in [2.05, 4.69) is 0 Å². The number of carbonyl (C=O) groups is 1. The van der Waals surface area contributed by atoms with E-state index in [1.807, 2.05) is 24.3 Å².